The van der Waals surface area contributed by atoms with Gasteiger partial charge in [-0.2, -0.15) is 5.10 Å². The van der Waals surface area contributed by atoms with Gasteiger partial charge >= 0.3 is 0 Å². The van der Waals surface area contributed by atoms with Crippen LogP contribution in [0.1, 0.15) is 37.8 Å². The first kappa shape index (κ1) is 13.0. The van der Waals surface area contributed by atoms with E-state index in [1.54, 1.807) is 7.11 Å². The molecule has 106 valence electrons. The van der Waals surface area contributed by atoms with Gasteiger partial charge in [-0.1, -0.05) is 31.9 Å². The van der Waals surface area contributed by atoms with Crippen molar-refractivity contribution >= 4 is 5.82 Å². The third kappa shape index (κ3) is 2.15. The predicted molar refractivity (Wildman–Crippen MR) is 80.7 cm³/mol. The van der Waals surface area contributed by atoms with Crippen LogP contribution in [0.3, 0.4) is 0 Å². The fourth-order valence-electron chi connectivity index (χ4n) is 3.27. The number of nitrogens with one attached hydrogen (secondary N) is 1. The zero-order chi connectivity index (χ0) is 14.1. The predicted octanol–water partition coefficient (Wildman–Crippen LogP) is 3.57. The number of nitrogens with zero attached hydrogens (tertiary/aromatic N) is 1. The number of rotatable bonds is 3. The van der Waals surface area contributed by atoms with E-state index in [0.29, 0.717) is 17.7 Å². The molecule has 0 amide bonds. The maximum absolute atomic E-state index is 6.08. The number of hydrogen-bond donors (Lipinski definition) is 2. The van der Waals surface area contributed by atoms with E-state index in [2.05, 4.69) is 17.1 Å². The van der Waals surface area contributed by atoms with E-state index in [0.717, 1.165) is 16.9 Å². The van der Waals surface area contributed by atoms with Crippen LogP contribution in [0.25, 0.3) is 11.1 Å². The number of hydrogen-bond acceptors (Lipinski definition) is 3. The average molecular weight is 271 g/mol. The Balaban J connectivity index is 2.01. The van der Waals surface area contributed by atoms with Crippen LogP contribution >= 0.6 is 0 Å². The Labute approximate surface area is 119 Å². The monoisotopic (exact) mass is 271 g/mol. The number of methoxy groups -OCH3 is 1. The molecule has 0 radical (unpaired) electrons. The van der Waals surface area contributed by atoms with Crippen molar-refractivity contribution in [3.8, 4) is 16.9 Å². The first-order valence-electron chi connectivity index (χ1n) is 7.19. The third-order valence-corrected chi connectivity index (χ3v) is 4.43. The topological polar surface area (TPSA) is 63.9 Å². The van der Waals surface area contributed by atoms with Gasteiger partial charge in [-0.15, -0.1) is 0 Å². The molecule has 0 saturated heterocycles. The average Bonchev–Trinajstić information content (AvgIpc) is 3.05. The van der Waals surface area contributed by atoms with Crippen molar-refractivity contribution in [2.24, 2.45) is 5.92 Å². The minimum atomic E-state index is 0.539. The molecule has 20 heavy (non-hydrogen) atoms. The van der Waals surface area contributed by atoms with Crippen LogP contribution in [0.5, 0.6) is 5.75 Å². The van der Waals surface area contributed by atoms with Crippen molar-refractivity contribution in [2.75, 3.05) is 12.8 Å². The number of benzene rings is 1. The van der Waals surface area contributed by atoms with Gasteiger partial charge in [0.1, 0.15) is 5.75 Å². The Morgan fingerprint density at radius 2 is 2.00 bits per heavy atom. The summed E-state index contributed by atoms with van der Waals surface area (Å²) < 4.78 is 5.21. The highest BCUT2D eigenvalue weighted by atomic mass is 16.5. The number of nitrogens with two attached hydrogens (primary N) is 1. The SMILES string of the molecule is COc1ccc(-c2c(N)n[nH]c2C2CCCC2C)cc1. The first-order valence-corrected chi connectivity index (χ1v) is 7.19. The molecule has 0 spiro atoms. The van der Waals surface area contributed by atoms with E-state index in [1.807, 2.05) is 24.3 Å². The van der Waals surface area contributed by atoms with Crippen LogP contribution < -0.4 is 10.5 Å². The summed E-state index contributed by atoms with van der Waals surface area (Å²) in [5, 5.41) is 7.40. The van der Waals surface area contributed by atoms with Crippen molar-refractivity contribution in [2.45, 2.75) is 32.1 Å². The molecule has 3 rings (SSSR count). The Morgan fingerprint density at radius 3 is 2.60 bits per heavy atom. The van der Waals surface area contributed by atoms with Crippen molar-refractivity contribution in [3.63, 3.8) is 0 Å². The smallest absolute Gasteiger partial charge is 0.153 e. The van der Waals surface area contributed by atoms with Gasteiger partial charge in [-0.3, -0.25) is 5.10 Å². The summed E-state index contributed by atoms with van der Waals surface area (Å²) in [6.07, 6.45) is 3.78. The lowest BCUT2D eigenvalue weighted by Gasteiger charge is -2.16. The molecule has 1 heterocycles. The van der Waals surface area contributed by atoms with E-state index < -0.39 is 0 Å². The molecule has 2 atom stereocenters. The Morgan fingerprint density at radius 1 is 1.25 bits per heavy atom. The Kier molecular flexibility index (Phi) is 3.38. The molecule has 4 heteroatoms. The normalized spacial score (nSPS) is 22.1. The fourth-order valence-corrected chi connectivity index (χ4v) is 3.27. The third-order valence-electron chi connectivity index (χ3n) is 4.43. The van der Waals surface area contributed by atoms with Crippen molar-refractivity contribution < 1.29 is 4.74 Å². The number of ether oxygens (including phenoxy) is 1. The molecule has 2 aromatic rings. The van der Waals surface area contributed by atoms with Crippen LogP contribution in [0.4, 0.5) is 5.82 Å². The van der Waals surface area contributed by atoms with E-state index >= 15 is 0 Å². The number of H-pyrrole nitrogens is 1. The minimum Gasteiger partial charge on any atom is -0.497 e. The molecule has 2 unspecified atom stereocenters. The molecule has 1 saturated carbocycles. The van der Waals surface area contributed by atoms with Crippen LogP contribution in [-0.2, 0) is 0 Å². The first-order chi connectivity index (χ1) is 9.70. The maximum Gasteiger partial charge on any atom is 0.153 e. The van der Waals surface area contributed by atoms with Crippen LogP contribution in [0.2, 0.25) is 0 Å². The largest absolute Gasteiger partial charge is 0.497 e. The molecule has 3 N–H and O–H groups in total. The van der Waals surface area contributed by atoms with Crippen LogP contribution in [-0.4, -0.2) is 17.3 Å². The number of aromatic amines is 1. The Bertz CT molecular complexity index is 588. The van der Waals surface area contributed by atoms with Gasteiger partial charge in [-0.05, 0) is 30.0 Å². The zero-order valence-corrected chi connectivity index (χ0v) is 12.0. The molecule has 1 aliphatic rings. The second-order valence-corrected chi connectivity index (χ2v) is 5.64. The molecule has 1 aromatic heterocycles. The lowest BCUT2D eigenvalue weighted by molar-refractivity contribution is 0.415. The lowest BCUT2D eigenvalue weighted by atomic mass is 9.90. The highest BCUT2D eigenvalue weighted by Gasteiger charge is 2.29. The van der Waals surface area contributed by atoms with Crippen molar-refractivity contribution in [1.29, 1.82) is 0 Å². The van der Waals surface area contributed by atoms with Gasteiger partial charge < -0.3 is 10.5 Å². The summed E-state index contributed by atoms with van der Waals surface area (Å²) in [6.45, 7) is 2.31. The summed E-state index contributed by atoms with van der Waals surface area (Å²) in [6, 6.07) is 8.01. The molecular weight excluding hydrogens is 250 g/mol. The summed E-state index contributed by atoms with van der Waals surface area (Å²) in [7, 11) is 1.67. The van der Waals surface area contributed by atoms with Gasteiger partial charge in [0.2, 0.25) is 0 Å². The van der Waals surface area contributed by atoms with Gasteiger partial charge in [0.05, 0.1) is 7.11 Å². The van der Waals surface area contributed by atoms with Gasteiger partial charge in [-0.25, -0.2) is 0 Å². The fraction of sp³-hybridized carbons (Fsp3) is 0.438. The molecule has 4 nitrogen and oxygen atoms in total. The van der Waals surface area contributed by atoms with E-state index in [9.17, 15) is 0 Å². The highest BCUT2D eigenvalue weighted by Crippen LogP contribution is 2.43. The van der Waals surface area contributed by atoms with Crippen molar-refractivity contribution in [3.05, 3.63) is 30.0 Å². The second-order valence-electron chi connectivity index (χ2n) is 5.64. The minimum absolute atomic E-state index is 0.539. The molecule has 1 fully saturated rings. The zero-order valence-electron chi connectivity index (χ0n) is 12.0. The second kappa shape index (κ2) is 5.19. The Hall–Kier alpha value is -1.97. The molecule has 1 aliphatic carbocycles. The molecule has 1 aromatic carbocycles. The summed E-state index contributed by atoms with van der Waals surface area (Å²) >= 11 is 0. The number of aromatic nitrogens is 2. The standard InChI is InChI=1S/C16H21N3O/c1-10-4-3-5-13(10)15-14(16(17)19-18-15)11-6-8-12(20-2)9-7-11/h6-10,13H,3-5H2,1-2H3,(H3,17,18,19). The maximum atomic E-state index is 6.08. The van der Waals surface area contributed by atoms with Crippen LogP contribution in [0, 0.1) is 5.92 Å². The van der Waals surface area contributed by atoms with E-state index in [4.69, 9.17) is 10.5 Å². The van der Waals surface area contributed by atoms with Gasteiger partial charge in [0, 0.05) is 17.2 Å². The van der Waals surface area contributed by atoms with Gasteiger partial charge in [0.25, 0.3) is 0 Å². The number of nitrogen functional groups attached to an aromatic ring is 1. The van der Waals surface area contributed by atoms with Crippen LogP contribution in [0.15, 0.2) is 24.3 Å². The molecule has 0 aliphatic heterocycles. The molecule has 0 bridgehead atoms. The highest BCUT2D eigenvalue weighted by molar-refractivity contribution is 5.77. The van der Waals surface area contributed by atoms with Crippen molar-refractivity contribution in [1.82, 2.24) is 10.2 Å². The lowest BCUT2D eigenvalue weighted by Crippen LogP contribution is -2.04. The van der Waals surface area contributed by atoms with Gasteiger partial charge in [0.15, 0.2) is 5.82 Å². The summed E-state index contributed by atoms with van der Waals surface area (Å²) in [4.78, 5) is 0. The van der Waals surface area contributed by atoms with E-state index in [-0.39, 0.29) is 0 Å². The quantitative estimate of drug-likeness (QED) is 0.897. The van der Waals surface area contributed by atoms with E-state index in [1.165, 1.54) is 25.0 Å². The summed E-state index contributed by atoms with van der Waals surface area (Å²) in [5.74, 6) is 2.67. The molecular formula is C16H21N3O. The summed E-state index contributed by atoms with van der Waals surface area (Å²) in [5.41, 5.74) is 9.44. The number of anilines is 1.